The van der Waals surface area contributed by atoms with Gasteiger partial charge in [-0.2, -0.15) is 0 Å². The second-order valence-electron chi connectivity index (χ2n) is 8.70. The molecule has 0 heterocycles. The average Bonchev–Trinajstić information content (AvgIpc) is 2.81. The Hall–Kier alpha value is -3.07. The number of hydrogen-bond donors (Lipinski definition) is 1. The molecule has 0 radical (unpaired) electrons. The first-order chi connectivity index (χ1) is 16.5. The number of anilines is 1. The quantitative estimate of drug-likeness (QED) is 0.478. The second-order valence-corrected chi connectivity index (χ2v) is 10.6. The molecule has 9 heteroatoms. The van der Waals surface area contributed by atoms with Crippen molar-refractivity contribution in [2.75, 3.05) is 23.7 Å². The van der Waals surface area contributed by atoms with Crippen molar-refractivity contribution in [2.24, 2.45) is 0 Å². The molecule has 192 valence electrons. The van der Waals surface area contributed by atoms with E-state index >= 15 is 0 Å². The number of rotatable bonds is 12. The number of nitrogens with one attached hydrogen (secondary N) is 1. The fourth-order valence-corrected chi connectivity index (χ4v) is 4.28. The van der Waals surface area contributed by atoms with Gasteiger partial charge in [-0.05, 0) is 63.9 Å². The van der Waals surface area contributed by atoms with E-state index in [0.717, 1.165) is 28.1 Å². The van der Waals surface area contributed by atoms with Crippen LogP contribution in [0.1, 0.15) is 45.2 Å². The molecule has 2 aromatic rings. The minimum atomic E-state index is -3.77. The molecule has 0 aliphatic rings. The lowest BCUT2D eigenvalue weighted by atomic mass is 10.1. The first-order valence-electron chi connectivity index (χ1n) is 11.8. The molecule has 0 aliphatic carbocycles. The molecule has 35 heavy (non-hydrogen) atoms. The smallest absolute Gasteiger partial charge is 0.244 e. The molecule has 8 nitrogen and oxygen atoms in total. The summed E-state index contributed by atoms with van der Waals surface area (Å²) in [4.78, 5) is 27.9. The van der Waals surface area contributed by atoms with E-state index in [2.05, 4.69) is 5.32 Å². The lowest BCUT2D eigenvalue weighted by Crippen LogP contribution is -2.52. The summed E-state index contributed by atoms with van der Waals surface area (Å²) < 4.78 is 31.7. The molecule has 0 bridgehead atoms. The summed E-state index contributed by atoms with van der Waals surface area (Å²) in [6.45, 7) is 9.57. The molecule has 0 saturated carbocycles. The van der Waals surface area contributed by atoms with Crippen molar-refractivity contribution in [1.29, 1.82) is 0 Å². The van der Waals surface area contributed by atoms with Crippen LogP contribution in [0, 0.1) is 6.92 Å². The number of ether oxygens (including phenoxy) is 1. The third kappa shape index (κ3) is 8.28. The summed E-state index contributed by atoms with van der Waals surface area (Å²) in [5.74, 6) is -0.157. The molecule has 0 unspecified atom stereocenters. The predicted octanol–water partition coefficient (Wildman–Crippen LogP) is 3.49. The van der Waals surface area contributed by atoms with Crippen molar-refractivity contribution in [1.82, 2.24) is 10.2 Å². The van der Waals surface area contributed by atoms with Crippen LogP contribution >= 0.6 is 0 Å². The average molecular weight is 504 g/mol. The van der Waals surface area contributed by atoms with Crippen LogP contribution in [-0.4, -0.2) is 56.6 Å². The van der Waals surface area contributed by atoms with Crippen LogP contribution in [0.15, 0.2) is 48.5 Å². The Morgan fingerprint density at radius 1 is 1.00 bits per heavy atom. The maximum Gasteiger partial charge on any atom is 0.244 e. The minimum Gasteiger partial charge on any atom is -0.494 e. The summed E-state index contributed by atoms with van der Waals surface area (Å²) in [6.07, 6.45) is 1.81. The SMILES string of the molecule is CCOc1ccc(N(CC(=O)N(Cc2ccc(C)cc2)[C@H](C)C(=O)N[C@@H](C)CC)S(C)(=O)=O)cc1. The lowest BCUT2D eigenvalue weighted by molar-refractivity contribution is -0.139. The standard InChI is InChI=1S/C26H37N3O5S/c1-7-20(4)27-26(31)21(5)28(17-22-11-9-19(3)10-12-22)25(30)18-29(35(6,32)33)23-13-15-24(16-14-23)34-8-2/h9-16,20-21H,7-8,17-18H2,1-6H3,(H,27,31)/t20-,21+/m0/s1. The Labute approximate surface area is 209 Å². The van der Waals surface area contributed by atoms with E-state index in [-0.39, 0.29) is 18.5 Å². The van der Waals surface area contributed by atoms with Crippen molar-refractivity contribution < 1.29 is 22.7 Å². The maximum atomic E-state index is 13.5. The number of carbonyl (C=O) groups is 2. The van der Waals surface area contributed by atoms with Gasteiger partial charge in [0.15, 0.2) is 0 Å². The van der Waals surface area contributed by atoms with Gasteiger partial charge in [0.2, 0.25) is 21.8 Å². The van der Waals surface area contributed by atoms with E-state index in [4.69, 9.17) is 4.74 Å². The molecular weight excluding hydrogens is 466 g/mol. The van der Waals surface area contributed by atoms with Crippen LogP contribution in [0.3, 0.4) is 0 Å². The first kappa shape index (κ1) is 28.2. The first-order valence-corrected chi connectivity index (χ1v) is 13.7. The highest BCUT2D eigenvalue weighted by Gasteiger charge is 2.30. The van der Waals surface area contributed by atoms with Crippen molar-refractivity contribution in [2.45, 2.75) is 59.7 Å². The number of hydrogen-bond acceptors (Lipinski definition) is 5. The Morgan fingerprint density at radius 3 is 2.11 bits per heavy atom. The maximum absolute atomic E-state index is 13.5. The number of carbonyl (C=O) groups excluding carboxylic acids is 2. The number of benzene rings is 2. The van der Waals surface area contributed by atoms with Crippen LogP contribution in [0.4, 0.5) is 5.69 Å². The van der Waals surface area contributed by atoms with E-state index in [0.29, 0.717) is 18.0 Å². The molecule has 0 spiro atoms. The van der Waals surface area contributed by atoms with Gasteiger partial charge >= 0.3 is 0 Å². The summed E-state index contributed by atoms with van der Waals surface area (Å²) >= 11 is 0. The zero-order valence-electron chi connectivity index (χ0n) is 21.4. The molecule has 0 aliphatic heterocycles. The van der Waals surface area contributed by atoms with Crippen LogP contribution in [-0.2, 0) is 26.2 Å². The largest absolute Gasteiger partial charge is 0.494 e. The Kier molecular flexibility index (Phi) is 10.1. The van der Waals surface area contributed by atoms with Gasteiger partial charge in [0.1, 0.15) is 18.3 Å². The van der Waals surface area contributed by atoms with Gasteiger partial charge in [0.25, 0.3) is 0 Å². The van der Waals surface area contributed by atoms with Crippen LogP contribution in [0.5, 0.6) is 5.75 Å². The zero-order chi connectivity index (χ0) is 26.2. The van der Waals surface area contributed by atoms with Crippen LogP contribution < -0.4 is 14.4 Å². The van der Waals surface area contributed by atoms with Gasteiger partial charge in [0.05, 0.1) is 18.6 Å². The molecule has 0 aromatic heterocycles. The van der Waals surface area contributed by atoms with Crippen molar-refractivity contribution in [3.63, 3.8) is 0 Å². The number of sulfonamides is 1. The third-order valence-corrected chi connectivity index (χ3v) is 6.90. The van der Waals surface area contributed by atoms with Crippen LogP contribution in [0.2, 0.25) is 0 Å². The van der Waals surface area contributed by atoms with Gasteiger partial charge in [-0.25, -0.2) is 8.42 Å². The predicted molar refractivity (Wildman–Crippen MR) is 139 cm³/mol. The molecule has 0 saturated heterocycles. The van der Waals surface area contributed by atoms with E-state index in [1.165, 1.54) is 4.90 Å². The van der Waals surface area contributed by atoms with Crippen molar-refractivity contribution in [3.8, 4) is 5.75 Å². The van der Waals surface area contributed by atoms with Gasteiger partial charge in [0, 0.05) is 12.6 Å². The monoisotopic (exact) mass is 503 g/mol. The van der Waals surface area contributed by atoms with Crippen molar-refractivity contribution >= 4 is 27.5 Å². The fourth-order valence-electron chi connectivity index (χ4n) is 3.43. The number of nitrogens with zero attached hydrogens (tertiary/aromatic N) is 2. The molecular formula is C26H37N3O5S. The highest BCUT2D eigenvalue weighted by atomic mass is 32.2. The Bertz CT molecular complexity index is 1080. The van der Waals surface area contributed by atoms with Crippen LogP contribution in [0.25, 0.3) is 0 Å². The fraction of sp³-hybridized carbons (Fsp3) is 0.462. The summed E-state index contributed by atoms with van der Waals surface area (Å²) in [5.41, 5.74) is 2.27. The van der Waals surface area contributed by atoms with E-state index < -0.39 is 28.5 Å². The summed E-state index contributed by atoms with van der Waals surface area (Å²) in [5, 5.41) is 2.91. The summed E-state index contributed by atoms with van der Waals surface area (Å²) in [6, 6.07) is 13.4. The van der Waals surface area contributed by atoms with Gasteiger partial charge < -0.3 is 15.0 Å². The highest BCUT2D eigenvalue weighted by molar-refractivity contribution is 7.92. The second kappa shape index (κ2) is 12.6. The molecule has 1 N–H and O–H groups in total. The molecule has 0 fully saturated rings. The Morgan fingerprint density at radius 2 is 1.60 bits per heavy atom. The van der Waals surface area contributed by atoms with E-state index in [9.17, 15) is 18.0 Å². The highest BCUT2D eigenvalue weighted by Crippen LogP contribution is 2.22. The minimum absolute atomic E-state index is 0.0438. The van der Waals surface area contributed by atoms with Crippen molar-refractivity contribution in [3.05, 3.63) is 59.7 Å². The topological polar surface area (TPSA) is 96.0 Å². The van der Waals surface area contributed by atoms with Gasteiger partial charge in [-0.1, -0.05) is 36.8 Å². The van der Waals surface area contributed by atoms with E-state index in [1.807, 2.05) is 52.0 Å². The normalized spacial score (nSPS) is 13.0. The lowest BCUT2D eigenvalue weighted by Gasteiger charge is -2.32. The molecule has 2 atom stereocenters. The van der Waals surface area contributed by atoms with Gasteiger partial charge in [-0.3, -0.25) is 13.9 Å². The zero-order valence-corrected chi connectivity index (χ0v) is 22.3. The third-order valence-electron chi connectivity index (χ3n) is 5.76. The van der Waals surface area contributed by atoms with E-state index in [1.54, 1.807) is 31.2 Å². The molecule has 2 aromatic carbocycles. The Balaban J connectivity index is 2.35. The molecule has 2 rings (SSSR count). The van der Waals surface area contributed by atoms with Gasteiger partial charge in [-0.15, -0.1) is 0 Å². The number of aryl methyl sites for hydroxylation is 1. The summed E-state index contributed by atoms with van der Waals surface area (Å²) in [7, 11) is -3.77. The number of amides is 2. The molecule has 2 amide bonds.